The number of carbonyl (C=O) groups is 3. The minimum absolute atomic E-state index is 0.0918. The number of hydrogen-bond acceptors (Lipinski definition) is 4. The normalized spacial score (nSPS) is 12.3. The molecule has 5 nitrogen and oxygen atoms in total. The van der Waals surface area contributed by atoms with Gasteiger partial charge in [0.15, 0.2) is 0 Å². The molecule has 0 bridgehead atoms. The van der Waals surface area contributed by atoms with Gasteiger partial charge in [-0.15, -0.1) is 0 Å². The monoisotopic (exact) mass is 445 g/mol. The predicted octanol–water partition coefficient (Wildman–Crippen LogP) is 5.64. The lowest BCUT2D eigenvalue weighted by molar-refractivity contribution is -0.116. The number of anilines is 1. The first-order chi connectivity index (χ1) is 15.4. The average Bonchev–Trinajstić information content (AvgIpc) is 2.79. The van der Waals surface area contributed by atoms with Crippen molar-refractivity contribution >= 4 is 47.6 Å². The second kappa shape index (κ2) is 8.81. The van der Waals surface area contributed by atoms with E-state index in [9.17, 15) is 14.4 Å². The minimum atomic E-state index is -0.522. The number of hydrogen-bond donors (Lipinski definition) is 0. The smallest absolute Gasteiger partial charge is 0.338 e. The summed E-state index contributed by atoms with van der Waals surface area (Å²) >= 11 is 6.16. The van der Waals surface area contributed by atoms with E-state index in [4.69, 9.17) is 16.3 Å². The van der Waals surface area contributed by atoms with Crippen LogP contribution in [0, 0.1) is 0 Å². The summed E-state index contributed by atoms with van der Waals surface area (Å²) in [7, 11) is 1.31. The van der Waals surface area contributed by atoms with E-state index >= 15 is 0 Å². The van der Waals surface area contributed by atoms with Crippen LogP contribution >= 0.6 is 11.6 Å². The largest absolute Gasteiger partial charge is 0.465 e. The first-order valence-corrected chi connectivity index (χ1v) is 10.4. The predicted molar refractivity (Wildman–Crippen MR) is 126 cm³/mol. The Balaban J connectivity index is 1.85. The van der Waals surface area contributed by atoms with Crippen LogP contribution in [0.15, 0.2) is 54.6 Å². The van der Waals surface area contributed by atoms with Gasteiger partial charge in [-0.2, -0.15) is 0 Å². The van der Waals surface area contributed by atoms with E-state index in [1.54, 1.807) is 23.1 Å². The Morgan fingerprint density at radius 3 is 2.50 bits per heavy atom. The van der Waals surface area contributed by atoms with E-state index in [0.29, 0.717) is 34.5 Å². The van der Waals surface area contributed by atoms with Crippen LogP contribution in [0.2, 0.25) is 5.02 Å². The summed E-state index contributed by atoms with van der Waals surface area (Å²) in [6.45, 7) is 1.89. The van der Waals surface area contributed by atoms with Crippen molar-refractivity contribution in [3.05, 3.63) is 87.4 Å². The molecule has 0 fully saturated rings. The van der Waals surface area contributed by atoms with Gasteiger partial charge in [0.1, 0.15) is 6.29 Å². The molecule has 0 saturated heterocycles. The maximum atomic E-state index is 12.5. The fraction of sp³-hybridized carbons (Fsp3) is 0.115. The lowest BCUT2D eigenvalue weighted by Crippen LogP contribution is -2.29. The number of halogens is 1. The van der Waals surface area contributed by atoms with Crippen molar-refractivity contribution in [1.29, 1.82) is 0 Å². The Kier molecular flexibility index (Phi) is 5.93. The Labute approximate surface area is 190 Å². The van der Waals surface area contributed by atoms with E-state index in [2.05, 4.69) is 0 Å². The highest BCUT2D eigenvalue weighted by atomic mass is 35.5. The van der Waals surface area contributed by atoms with Crippen LogP contribution in [-0.4, -0.2) is 25.3 Å². The number of fused-ring (bicyclic) bond motifs is 2. The van der Waals surface area contributed by atoms with Gasteiger partial charge < -0.3 is 9.64 Å². The summed E-state index contributed by atoms with van der Waals surface area (Å²) in [5.41, 5.74) is 5.65. The fourth-order valence-corrected chi connectivity index (χ4v) is 4.04. The van der Waals surface area contributed by atoms with Gasteiger partial charge in [-0.1, -0.05) is 48.0 Å². The maximum Gasteiger partial charge on any atom is 0.338 e. The van der Waals surface area contributed by atoms with Crippen LogP contribution in [0.1, 0.15) is 44.3 Å². The third-order valence-corrected chi connectivity index (χ3v) is 5.71. The molecule has 0 unspecified atom stereocenters. The second-order valence-electron chi connectivity index (χ2n) is 7.47. The topological polar surface area (TPSA) is 63.7 Å². The first-order valence-electron chi connectivity index (χ1n) is 9.98. The highest BCUT2D eigenvalue weighted by Gasteiger charge is 2.20. The summed E-state index contributed by atoms with van der Waals surface area (Å²) < 4.78 is 4.91. The molecule has 32 heavy (non-hydrogen) atoms. The molecule has 0 radical (unpaired) electrons. The molecule has 0 N–H and O–H groups in total. The van der Waals surface area contributed by atoms with Crippen molar-refractivity contribution in [3.63, 3.8) is 0 Å². The Hall–Kier alpha value is -3.70. The van der Waals surface area contributed by atoms with E-state index in [1.807, 2.05) is 42.5 Å². The van der Waals surface area contributed by atoms with E-state index in [1.165, 1.54) is 20.1 Å². The molecule has 6 heteroatoms. The highest BCUT2D eigenvalue weighted by molar-refractivity contribution is 6.31. The van der Waals surface area contributed by atoms with Gasteiger partial charge in [0.05, 0.1) is 24.9 Å². The SMILES string of the molecule is COC(=O)c1cc(C=O)ccc1-c1ccc2c(c1)CN(C(C)=O)c1ccc(Cl)cc1C=C2. The molecule has 1 amide bonds. The Morgan fingerprint density at radius 2 is 1.78 bits per heavy atom. The summed E-state index contributed by atoms with van der Waals surface area (Å²) in [4.78, 5) is 37.8. The van der Waals surface area contributed by atoms with Crippen LogP contribution in [0.5, 0.6) is 0 Å². The molecule has 1 aliphatic rings. The van der Waals surface area contributed by atoms with Crippen molar-refractivity contribution in [3.8, 4) is 11.1 Å². The van der Waals surface area contributed by atoms with E-state index in [-0.39, 0.29) is 5.91 Å². The molecule has 0 aromatic heterocycles. The molecule has 1 heterocycles. The molecule has 0 atom stereocenters. The number of aldehydes is 1. The summed E-state index contributed by atoms with van der Waals surface area (Å²) in [5.74, 6) is -0.614. The van der Waals surface area contributed by atoms with Crippen LogP contribution in [0.4, 0.5) is 5.69 Å². The van der Waals surface area contributed by atoms with Gasteiger partial charge >= 0.3 is 5.97 Å². The molecular weight excluding hydrogens is 426 g/mol. The third-order valence-electron chi connectivity index (χ3n) is 5.47. The van der Waals surface area contributed by atoms with E-state index < -0.39 is 5.97 Å². The van der Waals surface area contributed by atoms with Crippen LogP contribution in [0.25, 0.3) is 23.3 Å². The van der Waals surface area contributed by atoms with Crippen molar-refractivity contribution in [1.82, 2.24) is 0 Å². The minimum Gasteiger partial charge on any atom is -0.465 e. The quantitative estimate of drug-likeness (QED) is 0.386. The molecule has 0 aliphatic carbocycles. The first kappa shape index (κ1) is 21.5. The fourth-order valence-electron chi connectivity index (χ4n) is 3.86. The summed E-state index contributed by atoms with van der Waals surface area (Å²) in [6.07, 6.45) is 4.62. The molecule has 3 aromatic carbocycles. The van der Waals surface area contributed by atoms with Gasteiger partial charge in [0.2, 0.25) is 5.91 Å². The van der Waals surface area contributed by atoms with Crippen molar-refractivity contribution < 1.29 is 19.1 Å². The molecule has 1 aliphatic heterocycles. The maximum absolute atomic E-state index is 12.5. The van der Waals surface area contributed by atoms with Crippen molar-refractivity contribution in [2.24, 2.45) is 0 Å². The summed E-state index contributed by atoms with van der Waals surface area (Å²) in [5, 5.41) is 0.599. The molecular formula is C26H20ClNO4. The zero-order valence-corrected chi connectivity index (χ0v) is 18.3. The molecule has 4 rings (SSSR count). The molecule has 160 valence electrons. The zero-order chi connectivity index (χ0) is 22.8. The van der Waals surface area contributed by atoms with Gasteiger partial charge in [-0.25, -0.2) is 4.79 Å². The zero-order valence-electron chi connectivity index (χ0n) is 17.6. The lowest BCUT2D eigenvalue weighted by atomic mass is 9.93. The number of rotatable bonds is 3. The summed E-state index contributed by atoms with van der Waals surface area (Å²) in [6, 6.07) is 16.2. The molecule has 0 saturated carbocycles. The number of benzene rings is 3. The van der Waals surface area contributed by atoms with Crippen molar-refractivity contribution in [2.75, 3.05) is 12.0 Å². The van der Waals surface area contributed by atoms with Crippen molar-refractivity contribution in [2.45, 2.75) is 13.5 Å². The number of ether oxygens (including phenoxy) is 1. The number of methoxy groups -OCH3 is 1. The highest BCUT2D eigenvalue weighted by Crippen LogP contribution is 2.33. The van der Waals surface area contributed by atoms with Crippen LogP contribution in [-0.2, 0) is 16.1 Å². The second-order valence-corrected chi connectivity index (χ2v) is 7.91. The lowest BCUT2D eigenvalue weighted by Gasteiger charge is -2.26. The Bertz CT molecular complexity index is 1280. The average molecular weight is 446 g/mol. The number of carbonyl (C=O) groups excluding carboxylic acids is 3. The number of esters is 1. The third kappa shape index (κ3) is 4.07. The van der Waals surface area contributed by atoms with Crippen LogP contribution < -0.4 is 4.90 Å². The number of nitrogens with zero attached hydrogens (tertiary/aromatic N) is 1. The van der Waals surface area contributed by atoms with E-state index in [0.717, 1.165) is 27.9 Å². The number of amides is 1. The standard InChI is InChI=1S/C26H20ClNO4/c1-16(30)28-14-21-12-19(23-9-3-17(15-29)11-24(23)26(31)32-2)6-4-18(21)5-7-20-13-22(27)8-10-25(20)28/h3-13,15H,14H2,1-2H3. The molecule has 3 aromatic rings. The van der Waals surface area contributed by atoms with Crippen LogP contribution in [0.3, 0.4) is 0 Å². The van der Waals surface area contributed by atoms with Gasteiger partial charge in [-0.05, 0) is 58.1 Å². The van der Waals surface area contributed by atoms with Gasteiger partial charge in [-0.3, -0.25) is 9.59 Å². The Morgan fingerprint density at radius 1 is 1.00 bits per heavy atom. The molecule has 0 spiro atoms. The van der Waals surface area contributed by atoms with Gasteiger partial charge in [0, 0.05) is 17.5 Å². The van der Waals surface area contributed by atoms with Gasteiger partial charge in [0.25, 0.3) is 0 Å².